The van der Waals surface area contributed by atoms with Crippen molar-refractivity contribution in [3.63, 3.8) is 0 Å². The van der Waals surface area contributed by atoms with Gasteiger partial charge in [-0.3, -0.25) is 0 Å². The molecule has 0 bridgehead atoms. The Bertz CT molecular complexity index is 377. The van der Waals surface area contributed by atoms with Gasteiger partial charge in [-0.1, -0.05) is 24.3 Å². The van der Waals surface area contributed by atoms with E-state index in [1.54, 1.807) is 6.07 Å². The fourth-order valence-corrected chi connectivity index (χ4v) is 1.48. The minimum absolute atomic E-state index is 0.221. The average molecular weight is 174 g/mol. The summed E-state index contributed by atoms with van der Waals surface area (Å²) in [4.78, 5) is 11.3. The van der Waals surface area contributed by atoms with E-state index in [1.807, 2.05) is 31.2 Å². The Morgan fingerprint density at radius 2 is 2.00 bits per heavy atom. The van der Waals surface area contributed by atoms with Crippen LogP contribution in [0, 0.1) is 0 Å². The summed E-state index contributed by atoms with van der Waals surface area (Å²) in [6.07, 6.45) is 1.98. The van der Waals surface area contributed by atoms with Crippen molar-refractivity contribution in [1.82, 2.24) is 0 Å². The molecule has 0 spiro atoms. The molecular formula is C11H10O2. The van der Waals surface area contributed by atoms with E-state index in [1.165, 1.54) is 0 Å². The molecule has 0 aliphatic carbocycles. The van der Waals surface area contributed by atoms with Crippen LogP contribution < -0.4 is 0 Å². The summed E-state index contributed by atoms with van der Waals surface area (Å²) in [7, 11) is 0. The first-order valence-electron chi connectivity index (χ1n) is 4.24. The highest BCUT2D eigenvalue weighted by Crippen LogP contribution is 2.24. The van der Waals surface area contributed by atoms with Crippen LogP contribution in [0.25, 0.3) is 5.57 Å². The van der Waals surface area contributed by atoms with E-state index >= 15 is 0 Å². The van der Waals surface area contributed by atoms with Crippen molar-refractivity contribution in [2.75, 3.05) is 6.61 Å². The fraction of sp³-hybridized carbons (Fsp3) is 0.182. The average Bonchev–Trinajstić information content (AvgIpc) is 2.19. The summed E-state index contributed by atoms with van der Waals surface area (Å²) in [6.45, 7) is 2.34. The molecule has 0 unspecified atom stereocenters. The zero-order chi connectivity index (χ0) is 9.26. The minimum atomic E-state index is -0.221. The molecule has 2 nitrogen and oxygen atoms in total. The molecule has 0 fully saturated rings. The highest BCUT2D eigenvalue weighted by Gasteiger charge is 2.20. The fourth-order valence-electron chi connectivity index (χ4n) is 1.48. The highest BCUT2D eigenvalue weighted by molar-refractivity contribution is 5.98. The first-order valence-corrected chi connectivity index (χ1v) is 4.24. The zero-order valence-corrected chi connectivity index (χ0v) is 7.41. The summed E-state index contributed by atoms with van der Waals surface area (Å²) in [5.74, 6) is -0.221. The van der Waals surface area contributed by atoms with Crippen LogP contribution in [-0.4, -0.2) is 12.6 Å². The summed E-state index contributed by atoms with van der Waals surface area (Å²) in [5, 5.41) is 0. The molecule has 2 heteroatoms. The summed E-state index contributed by atoms with van der Waals surface area (Å²) >= 11 is 0. The van der Waals surface area contributed by atoms with E-state index in [9.17, 15) is 4.79 Å². The zero-order valence-electron chi connectivity index (χ0n) is 7.41. The molecule has 0 radical (unpaired) electrons. The maximum absolute atomic E-state index is 11.3. The Morgan fingerprint density at radius 1 is 1.31 bits per heavy atom. The van der Waals surface area contributed by atoms with E-state index in [4.69, 9.17) is 4.74 Å². The number of rotatable bonds is 0. The van der Waals surface area contributed by atoms with Crippen LogP contribution in [-0.2, 0) is 4.74 Å². The van der Waals surface area contributed by atoms with E-state index in [0.29, 0.717) is 12.2 Å². The first-order chi connectivity index (χ1) is 6.33. The van der Waals surface area contributed by atoms with Gasteiger partial charge in [-0.2, -0.15) is 0 Å². The lowest BCUT2D eigenvalue weighted by Gasteiger charge is -2.17. The van der Waals surface area contributed by atoms with Crippen LogP contribution >= 0.6 is 0 Å². The van der Waals surface area contributed by atoms with Crippen molar-refractivity contribution in [2.24, 2.45) is 0 Å². The SMILES string of the molecule is C/C=C1\COC(=O)c2ccccc21. The smallest absolute Gasteiger partial charge is 0.339 e. The molecular weight excluding hydrogens is 164 g/mol. The predicted molar refractivity (Wildman–Crippen MR) is 50.4 cm³/mol. The Kier molecular flexibility index (Phi) is 1.89. The second-order valence-electron chi connectivity index (χ2n) is 2.94. The standard InChI is InChI=1S/C11H10O2/c1-2-8-7-13-11(12)10-6-4-3-5-9(8)10/h2-6H,7H2,1H3/b8-2+. The Hall–Kier alpha value is -1.57. The van der Waals surface area contributed by atoms with Crippen LogP contribution in [0.5, 0.6) is 0 Å². The third-order valence-electron chi connectivity index (χ3n) is 2.20. The number of allylic oxidation sites excluding steroid dienone is 1. The van der Waals surface area contributed by atoms with Gasteiger partial charge in [-0.05, 0) is 24.1 Å². The number of esters is 1. The van der Waals surface area contributed by atoms with Gasteiger partial charge in [0.05, 0.1) is 5.56 Å². The largest absolute Gasteiger partial charge is 0.457 e. The lowest BCUT2D eigenvalue weighted by molar-refractivity contribution is 0.0543. The molecule has 1 aliphatic heterocycles. The molecule has 13 heavy (non-hydrogen) atoms. The van der Waals surface area contributed by atoms with Crippen molar-refractivity contribution in [1.29, 1.82) is 0 Å². The number of cyclic esters (lactones) is 1. The maximum Gasteiger partial charge on any atom is 0.339 e. The predicted octanol–water partition coefficient (Wildman–Crippen LogP) is 2.26. The minimum Gasteiger partial charge on any atom is -0.457 e. The van der Waals surface area contributed by atoms with Crippen molar-refractivity contribution in [3.8, 4) is 0 Å². The highest BCUT2D eigenvalue weighted by atomic mass is 16.5. The monoisotopic (exact) mass is 174 g/mol. The van der Waals surface area contributed by atoms with Crippen molar-refractivity contribution in [2.45, 2.75) is 6.92 Å². The van der Waals surface area contributed by atoms with Gasteiger partial charge in [0.1, 0.15) is 6.61 Å². The molecule has 1 aliphatic rings. The van der Waals surface area contributed by atoms with E-state index in [2.05, 4.69) is 0 Å². The van der Waals surface area contributed by atoms with E-state index < -0.39 is 0 Å². The molecule has 1 aromatic carbocycles. The summed E-state index contributed by atoms with van der Waals surface area (Å²) in [6, 6.07) is 7.52. The maximum atomic E-state index is 11.3. The number of carbonyl (C=O) groups is 1. The van der Waals surface area contributed by atoms with Crippen LogP contribution in [0.3, 0.4) is 0 Å². The topological polar surface area (TPSA) is 26.3 Å². The van der Waals surface area contributed by atoms with Crippen LogP contribution in [0.2, 0.25) is 0 Å². The Morgan fingerprint density at radius 3 is 2.69 bits per heavy atom. The number of carbonyl (C=O) groups excluding carboxylic acids is 1. The van der Waals surface area contributed by atoms with E-state index in [0.717, 1.165) is 11.1 Å². The van der Waals surface area contributed by atoms with Gasteiger partial charge in [-0.15, -0.1) is 0 Å². The third kappa shape index (κ3) is 1.24. The van der Waals surface area contributed by atoms with Gasteiger partial charge in [0.2, 0.25) is 0 Å². The van der Waals surface area contributed by atoms with Gasteiger partial charge in [-0.25, -0.2) is 4.79 Å². The molecule has 0 atom stereocenters. The number of ether oxygens (including phenoxy) is 1. The number of hydrogen-bond donors (Lipinski definition) is 0. The van der Waals surface area contributed by atoms with Crippen LogP contribution in [0.4, 0.5) is 0 Å². The molecule has 0 aromatic heterocycles. The summed E-state index contributed by atoms with van der Waals surface area (Å²) in [5.41, 5.74) is 2.75. The quantitative estimate of drug-likeness (QED) is 0.564. The number of fused-ring (bicyclic) bond motifs is 1. The number of benzene rings is 1. The van der Waals surface area contributed by atoms with E-state index in [-0.39, 0.29) is 5.97 Å². The lowest BCUT2D eigenvalue weighted by Crippen LogP contribution is -2.16. The normalized spacial score (nSPS) is 18.2. The van der Waals surface area contributed by atoms with Crippen molar-refractivity contribution >= 4 is 11.5 Å². The second kappa shape index (κ2) is 3.05. The third-order valence-corrected chi connectivity index (χ3v) is 2.20. The van der Waals surface area contributed by atoms with Gasteiger partial charge >= 0.3 is 5.97 Å². The van der Waals surface area contributed by atoms with Gasteiger partial charge in [0, 0.05) is 0 Å². The van der Waals surface area contributed by atoms with Crippen molar-refractivity contribution < 1.29 is 9.53 Å². The Balaban J connectivity index is 2.61. The molecule has 0 amide bonds. The molecule has 2 rings (SSSR count). The second-order valence-corrected chi connectivity index (χ2v) is 2.94. The molecule has 1 aromatic rings. The molecule has 66 valence electrons. The van der Waals surface area contributed by atoms with Crippen LogP contribution in [0.15, 0.2) is 30.3 Å². The molecule has 0 N–H and O–H groups in total. The van der Waals surface area contributed by atoms with Gasteiger partial charge in [0.25, 0.3) is 0 Å². The molecule has 1 heterocycles. The summed E-state index contributed by atoms with van der Waals surface area (Å²) < 4.78 is 5.00. The number of hydrogen-bond acceptors (Lipinski definition) is 2. The lowest BCUT2D eigenvalue weighted by atomic mass is 9.98. The molecule has 0 saturated heterocycles. The first kappa shape index (κ1) is 8.05. The van der Waals surface area contributed by atoms with Gasteiger partial charge < -0.3 is 4.74 Å². The van der Waals surface area contributed by atoms with Gasteiger partial charge in [0.15, 0.2) is 0 Å². The van der Waals surface area contributed by atoms with Crippen molar-refractivity contribution in [3.05, 3.63) is 41.5 Å². The Labute approximate surface area is 76.8 Å². The molecule has 0 saturated carbocycles. The van der Waals surface area contributed by atoms with Crippen LogP contribution in [0.1, 0.15) is 22.8 Å².